The van der Waals surface area contributed by atoms with Crippen molar-refractivity contribution in [2.24, 2.45) is 5.73 Å². The number of aliphatic hydroxyl groups excluding tert-OH is 1. The van der Waals surface area contributed by atoms with Crippen LogP contribution in [0.2, 0.25) is 0 Å². The molecule has 3 N–H and O–H groups in total. The van der Waals surface area contributed by atoms with Gasteiger partial charge >= 0.3 is 0 Å². The van der Waals surface area contributed by atoms with E-state index in [1.165, 1.54) is 0 Å². The van der Waals surface area contributed by atoms with Gasteiger partial charge in [-0.15, -0.1) is 0 Å². The summed E-state index contributed by atoms with van der Waals surface area (Å²) in [6.07, 6.45) is 1.62. The molecule has 0 saturated heterocycles. The predicted octanol–water partition coefficient (Wildman–Crippen LogP) is 1.15. The van der Waals surface area contributed by atoms with Crippen molar-refractivity contribution in [3.63, 3.8) is 0 Å². The number of rotatable bonds is 3. The van der Waals surface area contributed by atoms with Crippen molar-refractivity contribution in [1.29, 1.82) is 0 Å². The number of nitrogens with zero attached hydrogens (tertiary/aromatic N) is 1. The van der Waals surface area contributed by atoms with E-state index in [0.717, 1.165) is 10.0 Å². The van der Waals surface area contributed by atoms with Gasteiger partial charge in [-0.05, 0) is 22.9 Å². The number of hydrogen-bond acceptors (Lipinski definition) is 4. The number of hydrogen-bond donors (Lipinski definition) is 2. The summed E-state index contributed by atoms with van der Waals surface area (Å²) in [5.41, 5.74) is 7.20. The Morgan fingerprint density at radius 3 is 2.86 bits per heavy atom. The molecule has 0 saturated carbocycles. The van der Waals surface area contributed by atoms with Crippen molar-refractivity contribution < 1.29 is 9.84 Å². The van der Waals surface area contributed by atoms with Crippen molar-refractivity contribution in [3.05, 3.63) is 21.9 Å². The third-order valence-electron chi connectivity index (χ3n) is 2.01. The van der Waals surface area contributed by atoms with Crippen LogP contribution in [0, 0.1) is 6.92 Å². The molecule has 0 spiro atoms. The molecule has 4 nitrogen and oxygen atoms in total. The van der Waals surface area contributed by atoms with Crippen LogP contribution >= 0.6 is 15.9 Å². The minimum absolute atomic E-state index is 0.126. The minimum atomic E-state index is -0.461. The SMILES string of the molecule is COc1c(Br)cnc(C(N)CO)c1C. The van der Waals surface area contributed by atoms with Crippen molar-refractivity contribution >= 4 is 15.9 Å². The summed E-state index contributed by atoms with van der Waals surface area (Å²) in [6, 6.07) is -0.461. The lowest BCUT2D eigenvalue weighted by molar-refractivity contribution is 0.265. The average molecular weight is 261 g/mol. The van der Waals surface area contributed by atoms with Gasteiger partial charge in [0.2, 0.25) is 0 Å². The van der Waals surface area contributed by atoms with E-state index in [9.17, 15) is 0 Å². The van der Waals surface area contributed by atoms with Crippen LogP contribution in [0.5, 0.6) is 5.75 Å². The van der Waals surface area contributed by atoms with Crippen LogP contribution in [0.4, 0.5) is 0 Å². The molecule has 0 aromatic carbocycles. The van der Waals surface area contributed by atoms with Crippen LogP contribution in [0.25, 0.3) is 0 Å². The molecule has 1 aromatic heterocycles. The number of aliphatic hydroxyl groups is 1. The average Bonchev–Trinajstić information content (AvgIpc) is 2.18. The maximum atomic E-state index is 8.93. The molecule has 0 fully saturated rings. The summed E-state index contributed by atoms with van der Waals surface area (Å²) in [6.45, 7) is 1.74. The highest BCUT2D eigenvalue weighted by Crippen LogP contribution is 2.30. The zero-order valence-corrected chi connectivity index (χ0v) is 9.71. The topological polar surface area (TPSA) is 68.4 Å². The summed E-state index contributed by atoms with van der Waals surface area (Å²) in [5.74, 6) is 0.707. The molecule has 78 valence electrons. The first-order valence-electron chi connectivity index (χ1n) is 4.17. The molecule has 0 aliphatic carbocycles. The number of pyridine rings is 1. The van der Waals surface area contributed by atoms with Crippen LogP contribution in [-0.4, -0.2) is 23.8 Å². The van der Waals surface area contributed by atoms with E-state index in [0.29, 0.717) is 11.4 Å². The second-order valence-corrected chi connectivity index (χ2v) is 3.79. The summed E-state index contributed by atoms with van der Waals surface area (Å²) >= 11 is 3.32. The Bertz CT molecular complexity index is 331. The third kappa shape index (κ3) is 2.05. The van der Waals surface area contributed by atoms with Crippen molar-refractivity contribution in [1.82, 2.24) is 4.98 Å². The van der Waals surface area contributed by atoms with Crippen molar-refractivity contribution in [2.75, 3.05) is 13.7 Å². The first kappa shape index (κ1) is 11.4. The van der Waals surface area contributed by atoms with Gasteiger partial charge in [-0.25, -0.2) is 0 Å². The third-order valence-corrected chi connectivity index (χ3v) is 2.58. The molecule has 1 atom stereocenters. The molecular weight excluding hydrogens is 248 g/mol. The van der Waals surface area contributed by atoms with Gasteiger partial charge < -0.3 is 15.6 Å². The molecule has 1 aromatic rings. The van der Waals surface area contributed by atoms with Gasteiger partial charge in [-0.2, -0.15) is 0 Å². The Labute approximate surface area is 91.2 Å². The Balaban J connectivity index is 3.21. The Morgan fingerprint density at radius 2 is 2.36 bits per heavy atom. The number of methoxy groups -OCH3 is 1. The van der Waals surface area contributed by atoms with E-state index in [2.05, 4.69) is 20.9 Å². The molecule has 1 heterocycles. The van der Waals surface area contributed by atoms with Gasteiger partial charge in [0.25, 0.3) is 0 Å². The molecule has 0 amide bonds. The smallest absolute Gasteiger partial charge is 0.139 e. The van der Waals surface area contributed by atoms with E-state index < -0.39 is 6.04 Å². The van der Waals surface area contributed by atoms with Gasteiger partial charge in [0.15, 0.2) is 0 Å². The number of ether oxygens (including phenoxy) is 1. The van der Waals surface area contributed by atoms with Crippen molar-refractivity contribution in [3.8, 4) is 5.75 Å². The van der Waals surface area contributed by atoms with E-state index >= 15 is 0 Å². The summed E-state index contributed by atoms with van der Waals surface area (Å²) in [5, 5.41) is 8.93. The number of nitrogens with two attached hydrogens (primary N) is 1. The quantitative estimate of drug-likeness (QED) is 0.856. The largest absolute Gasteiger partial charge is 0.495 e. The Hall–Kier alpha value is -0.650. The molecule has 5 heteroatoms. The van der Waals surface area contributed by atoms with Gasteiger partial charge in [0.05, 0.1) is 29.9 Å². The molecule has 1 unspecified atom stereocenters. The van der Waals surface area contributed by atoms with Gasteiger partial charge in [-0.3, -0.25) is 4.98 Å². The lowest BCUT2D eigenvalue weighted by atomic mass is 10.1. The fourth-order valence-corrected chi connectivity index (χ4v) is 1.85. The Morgan fingerprint density at radius 1 is 1.71 bits per heavy atom. The zero-order valence-electron chi connectivity index (χ0n) is 8.12. The molecule has 1 rings (SSSR count). The lowest BCUT2D eigenvalue weighted by Crippen LogP contribution is -2.17. The summed E-state index contributed by atoms with van der Waals surface area (Å²) < 4.78 is 5.97. The normalized spacial score (nSPS) is 12.6. The van der Waals surface area contributed by atoms with E-state index in [4.69, 9.17) is 15.6 Å². The maximum Gasteiger partial charge on any atom is 0.139 e. The standard InChI is InChI=1S/C9H13BrN2O2/c1-5-8(7(11)4-13)12-3-6(10)9(5)14-2/h3,7,13H,4,11H2,1-2H3. The molecule has 0 bridgehead atoms. The van der Waals surface area contributed by atoms with Gasteiger partial charge in [0, 0.05) is 11.8 Å². The Kier molecular flexibility index (Phi) is 3.86. The second kappa shape index (κ2) is 4.72. The van der Waals surface area contributed by atoms with Crippen LogP contribution in [-0.2, 0) is 0 Å². The predicted molar refractivity (Wildman–Crippen MR) is 57.2 cm³/mol. The molecule has 0 aliphatic rings. The number of halogens is 1. The molecule has 0 aliphatic heterocycles. The molecular formula is C9H13BrN2O2. The maximum absolute atomic E-state index is 8.93. The minimum Gasteiger partial charge on any atom is -0.495 e. The monoisotopic (exact) mass is 260 g/mol. The first-order valence-corrected chi connectivity index (χ1v) is 4.96. The highest BCUT2D eigenvalue weighted by molar-refractivity contribution is 9.10. The highest BCUT2D eigenvalue weighted by Gasteiger charge is 2.15. The van der Waals surface area contributed by atoms with Gasteiger partial charge in [-0.1, -0.05) is 0 Å². The van der Waals surface area contributed by atoms with Crippen LogP contribution in [0.1, 0.15) is 17.3 Å². The van der Waals surface area contributed by atoms with Crippen LogP contribution in [0.15, 0.2) is 10.7 Å². The van der Waals surface area contributed by atoms with E-state index in [1.807, 2.05) is 6.92 Å². The fourth-order valence-electron chi connectivity index (χ4n) is 1.29. The lowest BCUT2D eigenvalue weighted by Gasteiger charge is -2.14. The van der Waals surface area contributed by atoms with E-state index in [1.54, 1.807) is 13.3 Å². The van der Waals surface area contributed by atoms with Crippen LogP contribution in [0.3, 0.4) is 0 Å². The van der Waals surface area contributed by atoms with Crippen molar-refractivity contribution in [2.45, 2.75) is 13.0 Å². The number of aromatic nitrogens is 1. The van der Waals surface area contributed by atoms with E-state index in [-0.39, 0.29) is 6.61 Å². The summed E-state index contributed by atoms with van der Waals surface area (Å²) in [4.78, 5) is 4.15. The first-order chi connectivity index (χ1) is 6.61. The zero-order chi connectivity index (χ0) is 10.7. The van der Waals surface area contributed by atoms with Gasteiger partial charge in [0.1, 0.15) is 5.75 Å². The fraction of sp³-hybridized carbons (Fsp3) is 0.444. The van der Waals surface area contributed by atoms with Crippen LogP contribution < -0.4 is 10.5 Å². The highest BCUT2D eigenvalue weighted by atomic mass is 79.9. The molecule has 14 heavy (non-hydrogen) atoms. The molecule has 0 radical (unpaired) electrons. The second-order valence-electron chi connectivity index (χ2n) is 2.94. The summed E-state index contributed by atoms with van der Waals surface area (Å²) in [7, 11) is 1.58.